The van der Waals surface area contributed by atoms with E-state index >= 15 is 0 Å². The number of rotatable bonds is 1. The van der Waals surface area contributed by atoms with Crippen molar-refractivity contribution in [3.63, 3.8) is 0 Å². The van der Waals surface area contributed by atoms with E-state index in [-0.39, 0.29) is 0 Å². The van der Waals surface area contributed by atoms with E-state index in [2.05, 4.69) is 15.2 Å². The van der Waals surface area contributed by atoms with E-state index in [4.69, 9.17) is 12.2 Å². The topological polar surface area (TPSA) is 37.1 Å². The Hall–Kier alpha value is -0.940. The van der Waals surface area contributed by atoms with Crippen LogP contribution in [0.5, 0.6) is 0 Å². The van der Waals surface area contributed by atoms with Crippen molar-refractivity contribution >= 4 is 34.5 Å². The second kappa shape index (κ2) is 2.84. The van der Waals surface area contributed by atoms with Gasteiger partial charge in [0.25, 0.3) is 0 Å². The summed E-state index contributed by atoms with van der Waals surface area (Å²) in [4.78, 5) is 5.07. The van der Waals surface area contributed by atoms with Gasteiger partial charge in [-0.25, -0.2) is 0 Å². The van der Waals surface area contributed by atoms with Gasteiger partial charge in [-0.1, -0.05) is 0 Å². The van der Waals surface area contributed by atoms with Gasteiger partial charge in [-0.3, -0.25) is 0 Å². The van der Waals surface area contributed by atoms with Crippen molar-refractivity contribution in [3.05, 3.63) is 21.9 Å². The molecule has 2 heterocycles. The first-order chi connectivity index (χ1) is 5.77. The molecule has 5 heteroatoms. The average Bonchev–Trinajstić information content (AvgIpc) is 2.58. The highest BCUT2D eigenvalue weighted by atomic mass is 32.1. The van der Waals surface area contributed by atoms with Crippen LogP contribution < -0.4 is 0 Å². The molecule has 0 saturated heterocycles. The van der Waals surface area contributed by atoms with E-state index < -0.39 is 0 Å². The van der Waals surface area contributed by atoms with Crippen LogP contribution >= 0.6 is 23.6 Å². The van der Waals surface area contributed by atoms with E-state index in [9.17, 15) is 0 Å². The maximum Gasteiger partial charge on any atom is 0.242 e. The molecule has 0 N–H and O–H groups in total. The van der Waals surface area contributed by atoms with Crippen LogP contribution in [0, 0.1) is 6.92 Å². The molecule has 1 aromatic rings. The Morgan fingerprint density at radius 3 is 2.75 bits per heavy atom. The molecule has 1 aliphatic heterocycles. The Labute approximate surface area is 78.9 Å². The number of hydrogen-bond acceptors (Lipinski definition) is 3. The van der Waals surface area contributed by atoms with Gasteiger partial charge in [0.2, 0.25) is 5.11 Å². The van der Waals surface area contributed by atoms with Crippen LogP contribution in [0.4, 0.5) is 0 Å². The fourth-order valence-corrected chi connectivity index (χ4v) is 1.90. The Morgan fingerprint density at radius 2 is 2.25 bits per heavy atom. The number of aryl methyl sites for hydroxylation is 1. The predicted octanol–water partition coefficient (Wildman–Crippen LogP) is 2.55. The summed E-state index contributed by atoms with van der Waals surface area (Å²) in [7, 11) is 0. The van der Waals surface area contributed by atoms with E-state index in [0.717, 1.165) is 4.88 Å². The summed E-state index contributed by atoms with van der Waals surface area (Å²) < 4.78 is 0. The molecule has 1 aliphatic rings. The maximum absolute atomic E-state index is 4.77. The molecular weight excluding hydrogens is 190 g/mol. The smallest absolute Gasteiger partial charge is 0.194 e. The molecule has 0 amide bonds. The minimum Gasteiger partial charge on any atom is -0.194 e. The molecular formula is C7H5N3S2. The molecule has 0 radical (unpaired) electrons. The zero-order valence-electron chi connectivity index (χ0n) is 6.31. The van der Waals surface area contributed by atoms with Crippen molar-refractivity contribution in [2.24, 2.45) is 15.2 Å². The van der Waals surface area contributed by atoms with Gasteiger partial charge in [0.15, 0.2) is 5.84 Å². The minimum atomic E-state index is 0.317. The second-order valence-corrected chi connectivity index (χ2v) is 3.63. The van der Waals surface area contributed by atoms with Crippen LogP contribution in [0.1, 0.15) is 10.4 Å². The van der Waals surface area contributed by atoms with Crippen LogP contribution in [-0.4, -0.2) is 10.9 Å². The Bertz CT molecular complexity index is 389. The second-order valence-electron chi connectivity index (χ2n) is 2.35. The zero-order valence-corrected chi connectivity index (χ0v) is 7.95. The standard InChI is InChI=1S/C7H5N3S2/c1-4-2-3-12-5(4)6-8-7(11)10-9-6/h2-3H,1H3. The molecule has 0 aliphatic carbocycles. The highest BCUT2D eigenvalue weighted by molar-refractivity contribution is 7.80. The van der Waals surface area contributed by atoms with Crippen LogP contribution in [0.15, 0.2) is 26.7 Å². The fraction of sp³-hybridized carbons (Fsp3) is 0.143. The first kappa shape index (κ1) is 7.70. The van der Waals surface area contributed by atoms with Crippen molar-refractivity contribution in [2.45, 2.75) is 6.92 Å². The largest absolute Gasteiger partial charge is 0.242 e. The first-order valence-corrected chi connectivity index (χ1v) is 4.65. The third-order valence-electron chi connectivity index (χ3n) is 1.50. The lowest BCUT2D eigenvalue weighted by Crippen LogP contribution is -1.91. The van der Waals surface area contributed by atoms with E-state index in [1.165, 1.54) is 5.56 Å². The highest BCUT2D eigenvalue weighted by Gasteiger charge is 2.12. The Balaban J connectivity index is 2.45. The van der Waals surface area contributed by atoms with E-state index in [0.29, 0.717) is 10.9 Å². The quantitative estimate of drug-likeness (QED) is 0.634. The number of thiophene rings is 1. The molecule has 0 fully saturated rings. The fourth-order valence-electron chi connectivity index (χ4n) is 0.923. The van der Waals surface area contributed by atoms with Crippen LogP contribution in [0.3, 0.4) is 0 Å². The van der Waals surface area contributed by atoms with Gasteiger partial charge >= 0.3 is 0 Å². The molecule has 0 unspecified atom stereocenters. The first-order valence-electron chi connectivity index (χ1n) is 3.36. The zero-order chi connectivity index (χ0) is 8.55. The number of azo groups is 1. The molecule has 2 rings (SSSR count). The molecule has 0 saturated carbocycles. The molecule has 12 heavy (non-hydrogen) atoms. The van der Waals surface area contributed by atoms with Crippen molar-refractivity contribution in [1.29, 1.82) is 0 Å². The van der Waals surface area contributed by atoms with Crippen molar-refractivity contribution in [1.82, 2.24) is 0 Å². The summed E-state index contributed by atoms with van der Waals surface area (Å²) >= 11 is 6.37. The minimum absolute atomic E-state index is 0.317. The van der Waals surface area contributed by atoms with Gasteiger partial charge in [0, 0.05) is 0 Å². The van der Waals surface area contributed by atoms with Gasteiger partial charge < -0.3 is 0 Å². The van der Waals surface area contributed by atoms with Gasteiger partial charge in [0.05, 0.1) is 4.88 Å². The lowest BCUT2D eigenvalue weighted by atomic mass is 10.3. The molecule has 3 nitrogen and oxygen atoms in total. The van der Waals surface area contributed by atoms with Gasteiger partial charge in [0.1, 0.15) is 0 Å². The molecule has 0 spiro atoms. The number of amidine groups is 1. The monoisotopic (exact) mass is 195 g/mol. The summed E-state index contributed by atoms with van der Waals surface area (Å²) in [6.45, 7) is 2.02. The Kier molecular flexibility index (Phi) is 1.82. The Morgan fingerprint density at radius 1 is 1.42 bits per heavy atom. The third kappa shape index (κ3) is 1.21. The summed E-state index contributed by atoms with van der Waals surface area (Å²) in [5.74, 6) is 0.646. The van der Waals surface area contributed by atoms with Gasteiger partial charge in [-0.2, -0.15) is 4.99 Å². The lowest BCUT2D eigenvalue weighted by Gasteiger charge is -1.90. The number of thiocarbonyl (C=S) groups is 1. The lowest BCUT2D eigenvalue weighted by molar-refractivity contribution is 1.40. The highest BCUT2D eigenvalue weighted by Crippen LogP contribution is 2.19. The molecule has 60 valence electrons. The van der Waals surface area contributed by atoms with Crippen LogP contribution in [-0.2, 0) is 0 Å². The number of aliphatic imine (C=N–C) groups is 1. The van der Waals surface area contributed by atoms with Crippen molar-refractivity contribution in [2.75, 3.05) is 0 Å². The normalized spacial score (nSPS) is 15.4. The summed E-state index contributed by atoms with van der Waals surface area (Å²) in [5.41, 5.74) is 1.17. The van der Waals surface area contributed by atoms with Crippen molar-refractivity contribution in [3.8, 4) is 0 Å². The van der Waals surface area contributed by atoms with Crippen LogP contribution in [0.2, 0.25) is 0 Å². The molecule has 0 aromatic carbocycles. The summed E-state index contributed by atoms with van der Waals surface area (Å²) in [5, 5.41) is 9.86. The summed E-state index contributed by atoms with van der Waals surface area (Å²) in [6.07, 6.45) is 0. The SMILES string of the molecule is Cc1ccsc1C1=NC(=S)N=N1. The van der Waals surface area contributed by atoms with E-state index in [1.807, 2.05) is 18.4 Å². The van der Waals surface area contributed by atoms with E-state index in [1.54, 1.807) is 11.3 Å². The van der Waals surface area contributed by atoms with Crippen molar-refractivity contribution < 1.29 is 0 Å². The third-order valence-corrected chi connectivity index (χ3v) is 2.68. The predicted molar refractivity (Wildman–Crippen MR) is 53.0 cm³/mol. The number of nitrogens with zero attached hydrogens (tertiary/aromatic N) is 3. The maximum atomic E-state index is 4.77. The van der Waals surface area contributed by atoms with Crippen LogP contribution in [0.25, 0.3) is 0 Å². The average molecular weight is 195 g/mol. The summed E-state index contributed by atoms with van der Waals surface area (Å²) in [6, 6.07) is 2.03. The molecule has 0 atom stereocenters. The van der Waals surface area contributed by atoms with Gasteiger partial charge in [-0.05, 0) is 36.2 Å². The number of hydrogen-bond donors (Lipinski definition) is 0. The molecule has 0 bridgehead atoms. The molecule has 1 aromatic heterocycles. The van der Waals surface area contributed by atoms with Gasteiger partial charge in [-0.15, -0.1) is 21.6 Å².